The monoisotopic (exact) mass is 291 g/mol. The lowest BCUT2D eigenvalue weighted by atomic mass is 10.2. The summed E-state index contributed by atoms with van der Waals surface area (Å²) in [5.74, 6) is 0.962. The van der Waals surface area contributed by atoms with Gasteiger partial charge in [0.15, 0.2) is 10.2 Å². The van der Waals surface area contributed by atoms with Crippen molar-refractivity contribution in [1.29, 1.82) is 0 Å². The van der Waals surface area contributed by atoms with E-state index in [0.29, 0.717) is 10.2 Å². The second-order valence-electron chi connectivity index (χ2n) is 4.55. The van der Waals surface area contributed by atoms with E-state index < -0.39 is 4.92 Å². The van der Waals surface area contributed by atoms with Crippen LogP contribution in [0.15, 0.2) is 28.5 Å². The van der Waals surface area contributed by atoms with Gasteiger partial charge in [0.2, 0.25) is 0 Å². The Morgan fingerprint density at radius 3 is 3.05 bits per heavy atom. The van der Waals surface area contributed by atoms with Crippen molar-refractivity contribution in [3.05, 3.63) is 34.3 Å². The average molecular weight is 291 g/mol. The molecular weight excluding hydrogens is 278 g/mol. The van der Waals surface area contributed by atoms with Crippen LogP contribution >= 0.6 is 11.8 Å². The number of hydrogen-bond donors (Lipinski definition) is 0. The maximum atomic E-state index is 11.0. The van der Waals surface area contributed by atoms with Crippen molar-refractivity contribution in [2.45, 2.75) is 42.4 Å². The first kappa shape index (κ1) is 13.0. The normalized spacial score (nSPS) is 14.6. The molecule has 7 nitrogen and oxygen atoms in total. The summed E-state index contributed by atoms with van der Waals surface area (Å²) in [6, 6.07) is 3.02. The zero-order chi connectivity index (χ0) is 13.9. The molecule has 0 amide bonds. The van der Waals surface area contributed by atoms with Gasteiger partial charge in [0.05, 0.1) is 4.92 Å². The molecule has 1 aliphatic rings. The number of nitrogens with zero attached hydrogens (tertiary/aromatic N) is 5. The molecule has 8 heteroatoms. The Morgan fingerprint density at radius 1 is 1.30 bits per heavy atom. The lowest BCUT2D eigenvalue weighted by molar-refractivity contribution is -0.388. The van der Waals surface area contributed by atoms with Crippen molar-refractivity contribution in [3.63, 3.8) is 0 Å². The van der Waals surface area contributed by atoms with E-state index in [1.807, 2.05) is 0 Å². The number of aryl methyl sites for hydroxylation is 1. The zero-order valence-corrected chi connectivity index (χ0v) is 11.5. The second kappa shape index (κ2) is 5.58. The summed E-state index contributed by atoms with van der Waals surface area (Å²) in [6.07, 6.45) is 5.85. The first-order chi connectivity index (χ1) is 9.75. The van der Waals surface area contributed by atoms with Crippen LogP contribution in [0.25, 0.3) is 0 Å². The van der Waals surface area contributed by atoms with E-state index in [4.69, 9.17) is 0 Å². The van der Waals surface area contributed by atoms with E-state index >= 15 is 0 Å². The predicted octanol–water partition coefficient (Wildman–Crippen LogP) is 2.46. The molecule has 0 N–H and O–H groups in total. The fraction of sp³-hybridized carbons (Fsp3) is 0.417. The van der Waals surface area contributed by atoms with E-state index in [1.54, 1.807) is 12.3 Å². The predicted molar refractivity (Wildman–Crippen MR) is 72.6 cm³/mol. The minimum Gasteiger partial charge on any atom is -0.306 e. The van der Waals surface area contributed by atoms with Crippen LogP contribution < -0.4 is 0 Å². The van der Waals surface area contributed by atoms with E-state index in [2.05, 4.69) is 19.7 Å². The minimum atomic E-state index is -0.422. The smallest absolute Gasteiger partial charge is 0.301 e. The number of hydrogen-bond acceptors (Lipinski definition) is 6. The highest BCUT2D eigenvalue weighted by Crippen LogP contribution is 2.32. The van der Waals surface area contributed by atoms with Gasteiger partial charge in [0.25, 0.3) is 0 Å². The second-order valence-corrected chi connectivity index (χ2v) is 5.50. The summed E-state index contributed by atoms with van der Waals surface area (Å²) >= 11 is 1.21. The third-order valence-corrected chi connectivity index (χ3v) is 4.20. The van der Waals surface area contributed by atoms with Gasteiger partial charge in [-0.05, 0) is 30.7 Å². The molecule has 0 aromatic carbocycles. The van der Waals surface area contributed by atoms with Crippen molar-refractivity contribution >= 4 is 17.4 Å². The summed E-state index contributed by atoms with van der Waals surface area (Å²) in [4.78, 5) is 14.7. The third-order valence-electron chi connectivity index (χ3n) is 3.21. The van der Waals surface area contributed by atoms with E-state index in [-0.39, 0.29) is 5.69 Å². The molecule has 0 saturated heterocycles. The van der Waals surface area contributed by atoms with Crippen LogP contribution in [-0.2, 0) is 13.0 Å². The standard InChI is InChI=1S/C12H13N5O2S/c18-17(19)9-5-4-7-13-11(9)20-12-15-14-10-6-2-1-3-8-16(10)12/h4-5,7H,1-3,6,8H2. The first-order valence-corrected chi connectivity index (χ1v) is 7.26. The van der Waals surface area contributed by atoms with Gasteiger partial charge in [-0.3, -0.25) is 10.1 Å². The zero-order valence-electron chi connectivity index (χ0n) is 10.7. The Labute approximate surface area is 119 Å². The fourth-order valence-electron chi connectivity index (χ4n) is 2.22. The van der Waals surface area contributed by atoms with E-state index in [0.717, 1.165) is 31.6 Å². The molecule has 104 valence electrons. The lowest BCUT2D eigenvalue weighted by Gasteiger charge is -2.05. The van der Waals surface area contributed by atoms with Crippen LogP contribution in [0.3, 0.4) is 0 Å². The molecular formula is C12H13N5O2S. The number of pyridine rings is 1. The van der Waals surface area contributed by atoms with Gasteiger partial charge in [-0.2, -0.15) is 0 Å². The van der Waals surface area contributed by atoms with Crippen LogP contribution in [0.4, 0.5) is 5.69 Å². The highest BCUT2D eigenvalue weighted by atomic mass is 32.2. The Hall–Kier alpha value is -1.96. The molecule has 0 atom stereocenters. The molecule has 0 saturated carbocycles. The van der Waals surface area contributed by atoms with Gasteiger partial charge >= 0.3 is 5.69 Å². The number of rotatable bonds is 3. The maximum Gasteiger partial charge on any atom is 0.301 e. The largest absolute Gasteiger partial charge is 0.306 e. The molecule has 0 bridgehead atoms. The Bertz CT molecular complexity index is 643. The molecule has 3 rings (SSSR count). The van der Waals surface area contributed by atoms with Gasteiger partial charge in [-0.25, -0.2) is 4.98 Å². The summed E-state index contributed by atoms with van der Waals surface area (Å²) in [6.45, 7) is 0.866. The van der Waals surface area contributed by atoms with Gasteiger partial charge < -0.3 is 4.57 Å². The van der Waals surface area contributed by atoms with E-state index in [9.17, 15) is 10.1 Å². The molecule has 20 heavy (non-hydrogen) atoms. The Balaban J connectivity index is 1.92. The number of nitro groups is 1. The SMILES string of the molecule is O=[N+]([O-])c1cccnc1Sc1nnc2n1CCCCC2. The molecule has 3 heterocycles. The van der Waals surface area contributed by atoms with Crippen molar-refractivity contribution in [3.8, 4) is 0 Å². The fourth-order valence-corrected chi connectivity index (χ4v) is 3.14. The molecule has 2 aromatic rings. The van der Waals surface area contributed by atoms with Crippen molar-refractivity contribution in [2.24, 2.45) is 0 Å². The van der Waals surface area contributed by atoms with Crippen LogP contribution in [0.2, 0.25) is 0 Å². The molecule has 0 radical (unpaired) electrons. The van der Waals surface area contributed by atoms with Gasteiger partial charge in [-0.1, -0.05) is 6.42 Å². The Morgan fingerprint density at radius 2 is 2.20 bits per heavy atom. The topological polar surface area (TPSA) is 86.7 Å². The molecule has 0 unspecified atom stereocenters. The lowest BCUT2D eigenvalue weighted by Crippen LogP contribution is -2.02. The number of fused-ring (bicyclic) bond motifs is 1. The van der Waals surface area contributed by atoms with Gasteiger partial charge in [0, 0.05) is 25.2 Å². The van der Waals surface area contributed by atoms with Crippen molar-refractivity contribution < 1.29 is 4.92 Å². The highest BCUT2D eigenvalue weighted by molar-refractivity contribution is 7.99. The van der Waals surface area contributed by atoms with Crippen molar-refractivity contribution in [1.82, 2.24) is 19.7 Å². The van der Waals surface area contributed by atoms with Crippen LogP contribution in [0.5, 0.6) is 0 Å². The average Bonchev–Trinajstić information content (AvgIpc) is 2.68. The summed E-state index contributed by atoms with van der Waals surface area (Å²) in [5.41, 5.74) is 0.00321. The highest BCUT2D eigenvalue weighted by Gasteiger charge is 2.21. The molecule has 0 fully saturated rings. The molecule has 1 aliphatic heterocycles. The third kappa shape index (κ3) is 2.51. The van der Waals surface area contributed by atoms with Gasteiger partial charge in [-0.15, -0.1) is 10.2 Å². The van der Waals surface area contributed by atoms with E-state index in [1.165, 1.54) is 24.2 Å². The molecule has 0 aliphatic carbocycles. The van der Waals surface area contributed by atoms with Crippen LogP contribution in [-0.4, -0.2) is 24.7 Å². The molecule has 0 spiro atoms. The number of aromatic nitrogens is 4. The summed E-state index contributed by atoms with van der Waals surface area (Å²) in [5, 5.41) is 20.4. The van der Waals surface area contributed by atoms with Crippen molar-refractivity contribution in [2.75, 3.05) is 0 Å². The van der Waals surface area contributed by atoms with Crippen LogP contribution in [0, 0.1) is 10.1 Å². The minimum absolute atomic E-state index is 0.00321. The molecule has 2 aromatic heterocycles. The Kier molecular flexibility index (Phi) is 3.64. The summed E-state index contributed by atoms with van der Waals surface area (Å²) in [7, 11) is 0. The van der Waals surface area contributed by atoms with Crippen LogP contribution in [0.1, 0.15) is 25.1 Å². The first-order valence-electron chi connectivity index (χ1n) is 6.45. The van der Waals surface area contributed by atoms with Gasteiger partial charge in [0.1, 0.15) is 5.82 Å². The summed E-state index contributed by atoms with van der Waals surface area (Å²) < 4.78 is 2.05. The maximum absolute atomic E-state index is 11.0. The quantitative estimate of drug-likeness (QED) is 0.637.